The van der Waals surface area contributed by atoms with Crippen LogP contribution in [0, 0.1) is 0 Å². The minimum absolute atomic E-state index is 0.115. The number of hydrogen-bond acceptors (Lipinski definition) is 4. The van der Waals surface area contributed by atoms with E-state index in [0.29, 0.717) is 28.0 Å². The van der Waals surface area contributed by atoms with Crippen LogP contribution in [0.5, 0.6) is 5.75 Å². The quantitative estimate of drug-likeness (QED) is 0.577. The van der Waals surface area contributed by atoms with Gasteiger partial charge in [0.25, 0.3) is 11.8 Å². The third-order valence-electron chi connectivity index (χ3n) is 4.05. The number of amides is 2. The molecule has 3 rings (SSSR count). The first kappa shape index (κ1) is 20.8. The Morgan fingerprint density at radius 3 is 2.48 bits per heavy atom. The van der Waals surface area contributed by atoms with Crippen LogP contribution in [0.15, 0.2) is 65.3 Å². The van der Waals surface area contributed by atoms with E-state index >= 15 is 0 Å². The standard InChI is InChI=1S/C21H18Cl2N2O4/c1-25(12-14-4-9-17(22)18(23)11-14)20(26)13-29-16-7-5-15(6-8-16)24-21(27)19-3-2-10-28-19/h2-11H,12-13H2,1H3,(H,24,27). The number of nitrogens with zero attached hydrogens (tertiary/aromatic N) is 1. The van der Waals surface area contributed by atoms with Crippen molar-refractivity contribution in [3.63, 3.8) is 0 Å². The number of rotatable bonds is 7. The van der Waals surface area contributed by atoms with Gasteiger partial charge in [0.2, 0.25) is 0 Å². The molecular weight excluding hydrogens is 415 g/mol. The first-order chi connectivity index (χ1) is 13.9. The van der Waals surface area contributed by atoms with Crippen molar-refractivity contribution in [1.82, 2.24) is 4.90 Å². The number of nitrogens with one attached hydrogen (secondary N) is 1. The molecule has 0 atom stereocenters. The summed E-state index contributed by atoms with van der Waals surface area (Å²) in [6.45, 7) is 0.271. The molecule has 6 nitrogen and oxygen atoms in total. The van der Waals surface area contributed by atoms with Gasteiger partial charge in [-0.05, 0) is 54.1 Å². The maximum atomic E-state index is 12.3. The fourth-order valence-electron chi connectivity index (χ4n) is 2.49. The van der Waals surface area contributed by atoms with Crippen LogP contribution in [0.4, 0.5) is 5.69 Å². The van der Waals surface area contributed by atoms with Crippen molar-refractivity contribution < 1.29 is 18.7 Å². The highest BCUT2D eigenvalue weighted by atomic mass is 35.5. The smallest absolute Gasteiger partial charge is 0.291 e. The molecule has 2 aromatic carbocycles. The van der Waals surface area contributed by atoms with E-state index in [0.717, 1.165) is 5.56 Å². The number of likely N-dealkylation sites (N-methyl/N-ethyl adjacent to an activating group) is 1. The minimum atomic E-state index is -0.345. The van der Waals surface area contributed by atoms with Gasteiger partial charge in [0, 0.05) is 19.3 Å². The van der Waals surface area contributed by atoms with Crippen molar-refractivity contribution in [1.29, 1.82) is 0 Å². The van der Waals surface area contributed by atoms with Crippen molar-refractivity contribution >= 4 is 40.7 Å². The van der Waals surface area contributed by atoms with Crippen LogP contribution >= 0.6 is 23.2 Å². The molecule has 1 aromatic heterocycles. The van der Waals surface area contributed by atoms with Crippen molar-refractivity contribution in [2.75, 3.05) is 19.0 Å². The predicted octanol–water partition coefficient (Wildman–Crippen LogP) is 4.88. The van der Waals surface area contributed by atoms with Crippen LogP contribution < -0.4 is 10.1 Å². The van der Waals surface area contributed by atoms with Crippen molar-refractivity contribution in [3.8, 4) is 5.75 Å². The molecule has 0 aliphatic rings. The van der Waals surface area contributed by atoms with Gasteiger partial charge in [-0.25, -0.2) is 0 Å². The number of anilines is 1. The topological polar surface area (TPSA) is 71.8 Å². The van der Waals surface area contributed by atoms with E-state index in [2.05, 4.69) is 5.32 Å². The van der Waals surface area contributed by atoms with Gasteiger partial charge >= 0.3 is 0 Å². The second kappa shape index (κ2) is 9.49. The lowest BCUT2D eigenvalue weighted by Gasteiger charge is -2.18. The molecule has 1 heterocycles. The largest absolute Gasteiger partial charge is 0.484 e. The summed E-state index contributed by atoms with van der Waals surface area (Å²) >= 11 is 11.9. The van der Waals surface area contributed by atoms with Gasteiger partial charge in [-0.3, -0.25) is 9.59 Å². The summed E-state index contributed by atoms with van der Waals surface area (Å²) in [5, 5.41) is 3.62. The molecule has 3 aromatic rings. The zero-order chi connectivity index (χ0) is 20.8. The molecule has 1 N–H and O–H groups in total. The summed E-state index contributed by atoms with van der Waals surface area (Å²) < 4.78 is 10.6. The molecule has 0 unspecified atom stereocenters. The maximum absolute atomic E-state index is 12.3. The van der Waals surface area contributed by atoms with Gasteiger partial charge in [-0.2, -0.15) is 0 Å². The van der Waals surface area contributed by atoms with Crippen LogP contribution in [0.1, 0.15) is 16.1 Å². The molecule has 0 aliphatic heterocycles. The predicted molar refractivity (Wildman–Crippen MR) is 112 cm³/mol. The lowest BCUT2D eigenvalue weighted by molar-refractivity contribution is -0.132. The molecule has 0 spiro atoms. The molecule has 0 bridgehead atoms. The van der Waals surface area contributed by atoms with Gasteiger partial charge in [0.05, 0.1) is 16.3 Å². The fraction of sp³-hybridized carbons (Fsp3) is 0.143. The first-order valence-electron chi connectivity index (χ1n) is 8.68. The van der Waals surface area contributed by atoms with Gasteiger partial charge in [0.1, 0.15) is 5.75 Å². The average molecular weight is 433 g/mol. The van der Waals surface area contributed by atoms with Gasteiger partial charge in [-0.1, -0.05) is 29.3 Å². The van der Waals surface area contributed by atoms with E-state index in [-0.39, 0.29) is 24.2 Å². The Morgan fingerprint density at radius 1 is 1.07 bits per heavy atom. The van der Waals surface area contributed by atoms with E-state index in [1.165, 1.54) is 11.2 Å². The van der Waals surface area contributed by atoms with Crippen LogP contribution in [-0.4, -0.2) is 30.4 Å². The SMILES string of the molecule is CN(Cc1ccc(Cl)c(Cl)c1)C(=O)COc1ccc(NC(=O)c2ccco2)cc1. The molecular formula is C21H18Cl2N2O4. The number of hydrogen-bond donors (Lipinski definition) is 1. The Hall–Kier alpha value is -2.96. The third-order valence-corrected chi connectivity index (χ3v) is 4.79. The van der Waals surface area contributed by atoms with Crippen molar-refractivity contribution in [2.24, 2.45) is 0 Å². The molecule has 0 radical (unpaired) electrons. The van der Waals surface area contributed by atoms with E-state index < -0.39 is 0 Å². The number of carbonyl (C=O) groups is 2. The van der Waals surface area contributed by atoms with E-state index in [4.69, 9.17) is 32.4 Å². The molecule has 0 fully saturated rings. The molecule has 0 saturated heterocycles. The first-order valence-corrected chi connectivity index (χ1v) is 9.43. The fourth-order valence-corrected chi connectivity index (χ4v) is 2.81. The summed E-state index contributed by atoms with van der Waals surface area (Å²) in [5.74, 6) is 0.201. The molecule has 150 valence electrons. The Morgan fingerprint density at radius 2 is 1.83 bits per heavy atom. The summed E-state index contributed by atoms with van der Waals surface area (Å²) in [5.41, 5.74) is 1.45. The average Bonchev–Trinajstić information content (AvgIpc) is 3.25. The molecule has 8 heteroatoms. The van der Waals surface area contributed by atoms with E-state index in [1.807, 2.05) is 6.07 Å². The monoisotopic (exact) mass is 432 g/mol. The highest BCUT2D eigenvalue weighted by Gasteiger charge is 2.12. The Labute approximate surface area is 178 Å². The molecule has 29 heavy (non-hydrogen) atoms. The summed E-state index contributed by atoms with van der Waals surface area (Å²) in [6.07, 6.45) is 1.43. The highest BCUT2D eigenvalue weighted by molar-refractivity contribution is 6.42. The van der Waals surface area contributed by atoms with Crippen LogP contribution in [-0.2, 0) is 11.3 Å². The zero-order valence-electron chi connectivity index (χ0n) is 15.5. The number of benzene rings is 2. The van der Waals surface area contributed by atoms with Crippen LogP contribution in [0.3, 0.4) is 0 Å². The Kier molecular flexibility index (Phi) is 6.80. The lowest BCUT2D eigenvalue weighted by atomic mass is 10.2. The second-order valence-corrected chi connectivity index (χ2v) is 7.06. The second-order valence-electron chi connectivity index (χ2n) is 6.24. The van der Waals surface area contributed by atoms with E-state index in [1.54, 1.807) is 55.6 Å². The molecule has 2 amide bonds. The molecule has 0 saturated carbocycles. The summed E-state index contributed by atoms with van der Waals surface area (Å²) in [4.78, 5) is 25.8. The van der Waals surface area contributed by atoms with Crippen LogP contribution in [0.2, 0.25) is 10.0 Å². The normalized spacial score (nSPS) is 10.4. The Balaban J connectivity index is 1.49. The van der Waals surface area contributed by atoms with E-state index in [9.17, 15) is 9.59 Å². The third kappa shape index (κ3) is 5.76. The number of furan rings is 1. The number of ether oxygens (including phenoxy) is 1. The lowest BCUT2D eigenvalue weighted by Crippen LogP contribution is -2.30. The minimum Gasteiger partial charge on any atom is -0.484 e. The van der Waals surface area contributed by atoms with Gasteiger partial charge in [-0.15, -0.1) is 0 Å². The number of halogens is 2. The van der Waals surface area contributed by atoms with Gasteiger partial charge in [0.15, 0.2) is 12.4 Å². The zero-order valence-corrected chi connectivity index (χ0v) is 17.0. The van der Waals surface area contributed by atoms with Crippen LogP contribution in [0.25, 0.3) is 0 Å². The van der Waals surface area contributed by atoms with Crippen molar-refractivity contribution in [3.05, 3.63) is 82.2 Å². The number of carbonyl (C=O) groups excluding carboxylic acids is 2. The Bertz CT molecular complexity index is 988. The van der Waals surface area contributed by atoms with Crippen molar-refractivity contribution in [2.45, 2.75) is 6.54 Å². The summed E-state index contributed by atoms with van der Waals surface area (Å²) in [7, 11) is 1.68. The van der Waals surface area contributed by atoms with Gasteiger partial charge < -0.3 is 19.4 Å². The highest BCUT2D eigenvalue weighted by Crippen LogP contribution is 2.23. The summed E-state index contributed by atoms with van der Waals surface area (Å²) in [6, 6.07) is 15.2. The molecule has 0 aliphatic carbocycles. The maximum Gasteiger partial charge on any atom is 0.291 e.